The molecule has 0 aromatic heterocycles. The molecule has 1 N–H and O–H groups in total. The van der Waals surface area contributed by atoms with E-state index in [4.69, 9.17) is 0 Å². The summed E-state index contributed by atoms with van der Waals surface area (Å²) in [6.07, 6.45) is 9.21. The number of thioether (sulfide) groups is 2. The van der Waals surface area contributed by atoms with Crippen molar-refractivity contribution in [2.75, 3.05) is 11.5 Å². The highest BCUT2D eigenvalue weighted by Crippen LogP contribution is 2.27. The van der Waals surface area contributed by atoms with E-state index in [1.54, 1.807) is 0 Å². The molecule has 1 saturated carbocycles. The average Bonchev–Trinajstić information content (AvgIpc) is 2.28. The van der Waals surface area contributed by atoms with Crippen molar-refractivity contribution in [2.45, 2.75) is 52.0 Å². The zero-order valence-corrected chi connectivity index (χ0v) is 11.6. The third kappa shape index (κ3) is 5.76. The van der Waals surface area contributed by atoms with Crippen molar-refractivity contribution in [3.05, 3.63) is 10.4 Å². The molecule has 0 atom stereocenters. The lowest BCUT2D eigenvalue weighted by atomic mass is 9.96. The van der Waals surface area contributed by atoms with E-state index >= 15 is 0 Å². The Hall–Kier alpha value is 0.240. The molecule has 1 aliphatic carbocycles. The summed E-state index contributed by atoms with van der Waals surface area (Å²) in [5, 5.41) is 3.59. The molecule has 0 amide bonds. The number of rotatable bonds is 6. The molecular formula is C12H23NS2. The standard InChI is InChI=1S/C12H23NS2/c1-3-14-12(15-4-2)10-13-11-8-6-5-7-9-11/h10-11,13H,3-9H2,1-2H3. The van der Waals surface area contributed by atoms with Crippen LogP contribution in [0.3, 0.4) is 0 Å². The molecule has 0 spiro atoms. The molecule has 0 aliphatic heterocycles. The van der Waals surface area contributed by atoms with Gasteiger partial charge < -0.3 is 5.32 Å². The number of hydrogen-bond donors (Lipinski definition) is 1. The summed E-state index contributed by atoms with van der Waals surface area (Å²) >= 11 is 3.90. The lowest BCUT2D eigenvalue weighted by Gasteiger charge is -2.22. The fourth-order valence-corrected chi connectivity index (χ4v) is 3.78. The van der Waals surface area contributed by atoms with Gasteiger partial charge in [-0.3, -0.25) is 0 Å². The van der Waals surface area contributed by atoms with E-state index in [2.05, 4.69) is 25.4 Å². The molecule has 0 unspecified atom stereocenters. The van der Waals surface area contributed by atoms with E-state index in [-0.39, 0.29) is 0 Å². The maximum Gasteiger partial charge on any atom is 0.0558 e. The van der Waals surface area contributed by atoms with Crippen LogP contribution in [0.2, 0.25) is 0 Å². The van der Waals surface area contributed by atoms with E-state index in [0.29, 0.717) is 0 Å². The highest BCUT2D eigenvalue weighted by molar-refractivity contribution is 8.22. The summed E-state index contributed by atoms with van der Waals surface area (Å²) in [7, 11) is 0. The summed E-state index contributed by atoms with van der Waals surface area (Å²) in [5.74, 6) is 2.34. The molecule has 0 heterocycles. The maximum atomic E-state index is 3.59. The van der Waals surface area contributed by atoms with Gasteiger partial charge >= 0.3 is 0 Å². The molecule has 0 radical (unpaired) electrons. The Morgan fingerprint density at radius 2 is 1.73 bits per heavy atom. The van der Waals surface area contributed by atoms with Crippen LogP contribution < -0.4 is 5.32 Å². The van der Waals surface area contributed by atoms with Crippen LogP contribution in [-0.2, 0) is 0 Å². The van der Waals surface area contributed by atoms with Crippen molar-refractivity contribution in [2.24, 2.45) is 0 Å². The molecule has 1 nitrogen and oxygen atoms in total. The van der Waals surface area contributed by atoms with E-state index in [9.17, 15) is 0 Å². The topological polar surface area (TPSA) is 12.0 Å². The van der Waals surface area contributed by atoms with Gasteiger partial charge in [-0.05, 0) is 24.3 Å². The van der Waals surface area contributed by atoms with E-state index in [1.807, 2.05) is 23.5 Å². The van der Waals surface area contributed by atoms with Gasteiger partial charge in [-0.1, -0.05) is 33.1 Å². The fourth-order valence-electron chi connectivity index (χ4n) is 1.86. The molecule has 15 heavy (non-hydrogen) atoms. The first kappa shape index (κ1) is 13.3. The molecule has 3 heteroatoms. The fraction of sp³-hybridized carbons (Fsp3) is 0.833. The van der Waals surface area contributed by atoms with Gasteiger partial charge in [0.05, 0.1) is 4.24 Å². The van der Waals surface area contributed by atoms with Gasteiger partial charge in [-0.25, -0.2) is 0 Å². The quantitative estimate of drug-likeness (QED) is 0.753. The van der Waals surface area contributed by atoms with Crippen molar-refractivity contribution in [3.8, 4) is 0 Å². The lowest BCUT2D eigenvalue weighted by Crippen LogP contribution is -2.26. The molecule has 1 rings (SSSR count). The Morgan fingerprint density at radius 3 is 2.27 bits per heavy atom. The third-order valence-electron chi connectivity index (χ3n) is 2.62. The Morgan fingerprint density at radius 1 is 1.13 bits per heavy atom. The highest BCUT2D eigenvalue weighted by atomic mass is 32.2. The van der Waals surface area contributed by atoms with Gasteiger partial charge in [0.25, 0.3) is 0 Å². The highest BCUT2D eigenvalue weighted by Gasteiger charge is 2.11. The lowest BCUT2D eigenvalue weighted by molar-refractivity contribution is 0.404. The Balaban J connectivity index is 2.30. The van der Waals surface area contributed by atoms with Crippen molar-refractivity contribution in [1.82, 2.24) is 5.32 Å². The summed E-state index contributed by atoms with van der Waals surface area (Å²) in [6, 6.07) is 0.740. The Bertz CT molecular complexity index is 178. The second kappa shape index (κ2) is 8.40. The van der Waals surface area contributed by atoms with Crippen LogP contribution in [0.4, 0.5) is 0 Å². The van der Waals surface area contributed by atoms with Crippen LogP contribution in [0.25, 0.3) is 0 Å². The van der Waals surface area contributed by atoms with Gasteiger partial charge in [0, 0.05) is 12.2 Å². The second-order valence-corrected chi connectivity index (χ2v) is 6.70. The number of hydrogen-bond acceptors (Lipinski definition) is 3. The summed E-state index contributed by atoms with van der Waals surface area (Å²) in [4.78, 5) is 0. The predicted molar refractivity (Wildman–Crippen MR) is 74.4 cm³/mol. The van der Waals surface area contributed by atoms with Crippen LogP contribution >= 0.6 is 23.5 Å². The Labute approximate surface area is 103 Å². The molecule has 1 fully saturated rings. The van der Waals surface area contributed by atoms with Crippen LogP contribution in [0.1, 0.15) is 46.0 Å². The SMILES string of the molecule is CCSC(=CNC1CCCCC1)SCC. The predicted octanol–water partition coefficient (Wildman–Crippen LogP) is 4.21. The number of nitrogens with one attached hydrogen (secondary N) is 1. The van der Waals surface area contributed by atoms with E-state index < -0.39 is 0 Å². The van der Waals surface area contributed by atoms with Crippen LogP contribution in [0, 0.1) is 0 Å². The van der Waals surface area contributed by atoms with Gasteiger partial charge in [0.1, 0.15) is 0 Å². The average molecular weight is 245 g/mol. The van der Waals surface area contributed by atoms with Crippen molar-refractivity contribution >= 4 is 23.5 Å². The minimum Gasteiger partial charge on any atom is -0.387 e. The van der Waals surface area contributed by atoms with Crippen LogP contribution in [0.15, 0.2) is 10.4 Å². The Kier molecular flexibility index (Phi) is 7.45. The molecular weight excluding hydrogens is 222 g/mol. The van der Waals surface area contributed by atoms with E-state index in [0.717, 1.165) is 6.04 Å². The van der Waals surface area contributed by atoms with Crippen LogP contribution in [0.5, 0.6) is 0 Å². The molecule has 1 aliphatic rings. The van der Waals surface area contributed by atoms with Crippen molar-refractivity contribution < 1.29 is 0 Å². The molecule has 0 bridgehead atoms. The summed E-state index contributed by atoms with van der Waals surface area (Å²) in [5.41, 5.74) is 0. The largest absolute Gasteiger partial charge is 0.387 e. The molecule has 88 valence electrons. The minimum absolute atomic E-state index is 0.740. The molecule has 0 aromatic carbocycles. The van der Waals surface area contributed by atoms with Gasteiger partial charge in [-0.15, -0.1) is 23.5 Å². The first-order valence-corrected chi connectivity index (χ1v) is 8.05. The molecule has 0 saturated heterocycles. The van der Waals surface area contributed by atoms with Crippen molar-refractivity contribution in [3.63, 3.8) is 0 Å². The third-order valence-corrected chi connectivity index (χ3v) is 4.70. The summed E-state index contributed by atoms with van der Waals surface area (Å²) in [6.45, 7) is 4.44. The molecule has 0 aromatic rings. The zero-order valence-electron chi connectivity index (χ0n) is 9.92. The zero-order chi connectivity index (χ0) is 10.9. The summed E-state index contributed by atoms with van der Waals surface area (Å²) < 4.78 is 1.45. The first-order chi connectivity index (χ1) is 7.36. The monoisotopic (exact) mass is 245 g/mol. The minimum atomic E-state index is 0.740. The van der Waals surface area contributed by atoms with Gasteiger partial charge in [0.2, 0.25) is 0 Å². The van der Waals surface area contributed by atoms with Gasteiger partial charge in [-0.2, -0.15) is 0 Å². The smallest absolute Gasteiger partial charge is 0.0558 e. The first-order valence-electron chi connectivity index (χ1n) is 6.08. The van der Waals surface area contributed by atoms with Crippen molar-refractivity contribution in [1.29, 1.82) is 0 Å². The second-order valence-electron chi connectivity index (χ2n) is 3.83. The van der Waals surface area contributed by atoms with E-state index in [1.165, 1.54) is 47.8 Å². The maximum absolute atomic E-state index is 3.59. The van der Waals surface area contributed by atoms with Gasteiger partial charge in [0.15, 0.2) is 0 Å². The van der Waals surface area contributed by atoms with Crippen LogP contribution in [-0.4, -0.2) is 17.5 Å². The normalized spacial score (nSPS) is 17.5.